The normalized spacial score (nSPS) is 27.9. The molecule has 17 heavy (non-hydrogen) atoms. The molecule has 2 rings (SSSR count). The summed E-state index contributed by atoms with van der Waals surface area (Å²) in [6.45, 7) is 6.26. The summed E-state index contributed by atoms with van der Waals surface area (Å²) in [6.07, 6.45) is 1.76. The van der Waals surface area contributed by atoms with E-state index < -0.39 is 9.43 Å². The molecule has 1 aliphatic rings. The van der Waals surface area contributed by atoms with Crippen LogP contribution in [0.2, 0.25) is 0 Å². The highest BCUT2D eigenvalue weighted by atomic mass is 35.7. The third kappa shape index (κ3) is 2.42. The van der Waals surface area contributed by atoms with Crippen LogP contribution < -0.4 is 10.7 Å². The average molecular weight is 273 g/mol. The summed E-state index contributed by atoms with van der Waals surface area (Å²) in [6, 6.07) is 4.29. The number of nitrogens with zero attached hydrogens (tertiary/aromatic N) is 2. The number of hydrazine groups is 2. The highest BCUT2D eigenvalue weighted by molar-refractivity contribution is 8.50. The quantitative estimate of drug-likeness (QED) is 0.773. The zero-order valence-corrected chi connectivity index (χ0v) is 11.8. The van der Waals surface area contributed by atoms with Crippen molar-refractivity contribution in [1.29, 1.82) is 0 Å². The monoisotopic (exact) mass is 272 g/mol. The maximum absolute atomic E-state index is 6.72. The number of nitrogens with one attached hydrogen (secondary N) is 1. The van der Waals surface area contributed by atoms with E-state index in [1.165, 1.54) is 21.9 Å². The second kappa shape index (κ2) is 4.49. The Labute approximate surface area is 108 Å². The van der Waals surface area contributed by atoms with Crippen LogP contribution in [0.1, 0.15) is 16.7 Å². The van der Waals surface area contributed by atoms with Crippen molar-refractivity contribution in [2.24, 2.45) is 10.9 Å². The lowest BCUT2D eigenvalue weighted by Crippen LogP contribution is -2.43. The largest absolute Gasteiger partial charge is 0.215 e. The minimum Gasteiger partial charge on any atom is -0.215 e. The van der Waals surface area contributed by atoms with Gasteiger partial charge >= 0.3 is 0 Å². The van der Waals surface area contributed by atoms with Crippen LogP contribution in [-0.2, 0) is 0 Å². The summed E-state index contributed by atoms with van der Waals surface area (Å²) >= 11 is 0. The van der Waals surface area contributed by atoms with E-state index in [4.69, 9.17) is 16.5 Å². The molecule has 3 N–H and O–H groups in total. The standard InChI is InChI=1S/C11H17ClN4S/c1-8-6-9(2)11(10(3)7-8)17(12)5-4-14-16(13)15-17/h4,6-7,15H,5,13H2,1-3H3. The lowest BCUT2D eigenvalue weighted by Gasteiger charge is -2.39. The Hall–Kier alpha value is -0.750. The van der Waals surface area contributed by atoms with Gasteiger partial charge in [-0.2, -0.15) is 5.10 Å². The van der Waals surface area contributed by atoms with Gasteiger partial charge in [0.1, 0.15) is 0 Å². The molecule has 0 radical (unpaired) electrons. The van der Waals surface area contributed by atoms with E-state index in [0.29, 0.717) is 5.75 Å². The van der Waals surface area contributed by atoms with Gasteiger partial charge in [0, 0.05) is 16.9 Å². The Morgan fingerprint density at radius 3 is 2.47 bits per heavy atom. The molecule has 0 aliphatic carbocycles. The van der Waals surface area contributed by atoms with Crippen LogP contribution in [0.3, 0.4) is 0 Å². The zero-order valence-electron chi connectivity index (χ0n) is 10.2. The summed E-state index contributed by atoms with van der Waals surface area (Å²) in [5.41, 5.74) is 3.64. The fourth-order valence-electron chi connectivity index (χ4n) is 2.24. The highest BCUT2D eigenvalue weighted by Crippen LogP contribution is 2.59. The first-order chi connectivity index (χ1) is 7.92. The first-order valence-corrected chi connectivity index (χ1v) is 7.98. The predicted octanol–water partition coefficient (Wildman–Crippen LogP) is 2.52. The molecule has 0 aromatic heterocycles. The number of halogens is 1. The molecule has 0 spiro atoms. The molecule has 4 nitrogen and oxygen atoms in total. The molecule has 1 unspecified atom stereocenters. The van der Waals surface area contributed by atoms with Crippen LogP contribution in [0.4, 0.5) is 0 Å². The number of hydrogen-bond acceptors (Lipinski definition) is 4. The minimum atomic E-state index is -1.67. The van der Waals surface area contributed by atoms with Gasteiger partial charge < -0.3 is 0 Å². The summed E-state index contributed by atoms with van der Waals surface area (Å²) in [7, 11) is 5.05. The van der Waals surface area contributed by atoms with E-state index in [2.05, 4.69) is 42.8 Å². The topological polar surface area (TPSA) is 53.6 Å². The first kappa shape index (κ1) is 12.7. The van der Waals surface area contributed by atoms with Crippen LogP contribution in [0.15, 0.2) is 22.1 Å². The number of benzene rings is 1. The molecule has 0 saturated carbocycles. The third-order valence-corrected chi connectivity index (χ3v) is 6.10. The van der Waals surface area contributed by atoms with E-state index >= 15 is 0 Å². The molecule has 1 heterocycles. The summed E-state index contributed by atoms with van der Waals surface area (Å²) in [5, 5.41) is 5.14. The zero-order chi connectivity index (χ0) is 12.6. The van der Waals surface area contributed by atoms with Gasteiger partial charge in [0.05, 0.1) is 0 Å². The van der Waals surface area contributed by atoms with Crippen molar-refractivity contribution in [3.8, 4) is 0 Å². The van der Waals surface area contributed by atoms with Crippen molar-refractivity contribution in [3.05, 3.63) is 28.8 Å². The molecule has 6 heteroatoms. The number of hydrogen-bond donors (Lipinski definition) is 2. The van der Waals surface area contributed by atoms with Crippen molar-refractivity contribution < 1.29 is 0 Å². The molecular formula is C11H17ClN4S. The van der Waals surface area contributed by atoms with E-state index in [1.54, 1.807) is 6.21 Å². The maximum Gasteiger partial charge on any atom is 0.0455 e. The van der Waals surface area contributed by atoms with Gasteiger partial charge in [0.15, 0.2) is 0 Å². The van der Waals surface area contributed by atoms with E-state index in [-0.39, 0.29) is 0 Å². The van der Waals surface area contributed by atoms with Crippen LogP contribution in [0.25, 0.3) is 0 Å². The Morgan fingerprint density at radius 1 is 1.35 bits per heavy atom. The van der Waals surface area contributed by atoms with Crippen molar-refractivity contribution in [2.45, 2.75) is 25.7 Å². The Morgan fingerprint density at radius 2 is 1.94 bits per heavy atom. The fourth-order valence-corrected chi connectivity index (χ4v) is 5.44. The highest BCUT2D eigenvalue weighted by Gasteiger charge is 2.30. The van der Waals surface area contributed by atoms with E-state index in [1.807, 2.05) is 0 Å². The maximum atomic E-state index is 6.72. The summed E-state index contributed by atoms with van der Waals surface area (Å²) < 4.78 is 0. The van der Waals surface area contributed by atoms with E-state index in [0.717, 1.165) is 4.90 Å². The molecular weight excluding hydrogens is 256 g/mol. The molecule has 1 aromatic carbocycles. The van der Waals surface area contributed by atoms with Crippen LogP contribution in [0, 0.1) is 20.8 Å². The molecule has 1 aromatic rings. The number of nitrogens with two attached hydrogens (primary N) is 1. The molecule has 0 fully saturated rings. The Bertz CT molecular complexity index is 454. The van der Waals surface area contributed by atoms with Gasteiger partial charge in [-0.1, -0.05) is 27.1 Å². The van der Waals surface area contributed by atoms with E-state index in [9.17, 15) is 0 Å². The lowest BCUT2D eigenvalue weighted by atomic mass is 10.1. The first-order valence-electron chi connectivity index (χ1n) is 5.35. The van der Waals surface area contributed by atoms with Crippen molar-refractivity contribution in [3.63, 3.8) is 0 Å². The Kier molecular flexibility index (Phi) is 3.36. The smallest absolute Gasteiger partial charge is 0.0455 e. The molecule has 0 amide bonds. The van der Waals surface area contributed by atoms with Crippen molar-refractivity contribution in [2.75, 3.05) is 5.75 Å². The minimum absolute atomic E-state index is 0.687. The van der Waals surface area contributed by atoms with Crippen LogP contribution >= 0.6 is 20.1 Å². The fraction of sp³-hybridized carbons (Fsp3) is 0.364. The van der Waals surface area contributed by atoms with Gasteiger partial charge in [-0.05, 0) is 42.6 Å². The van der Waals surface area contributed by atoms with Gasteiger partial charge in [-0.3, -0.25) is 0 Å². The molecule has 0 saturated heterocycles. The lowest BCUT2D eigenvalue weighted by molar-refractivity contribution is 0.269. The van der Waals surface area contributed by atoms with Gasteiger partial charge in [0.25, 0.3) is 0 Å². The second-order valence-electron chi connectivity index (χ2n) is 4.28. The predicted molar refractivity (Wildman–Crippen MR) is 74.9 cm³/mol. The third-order valence-electron chi connectivity index (χ3n) is 2.68. The van der Waals surface area contributed by atoms with Gasteiger partial charge in [-0.25, -0.2) is 5.84 Å². The van der Waals surface area contributed by atoms with Gasteiger partial charge in [-0.15, -0.1) is 10.1 Å². The van der Waals surface area contributed by atoms with Crippen molar-refractivity contribution >= 4 is 26.3 Å². The second-order valence-corrected chi connectivity index (χ2v) is 8.10. The number of rotatable bonds is 1. The number of hydrazone groups is 1. The van der Waals surface area contributed by atoms with Crippen LogP contribution in [-0.4, -0.2) is 17.2 Å². The van der Waals surface area contributed by atoms with Crippen molar-refractivity contribution in [1.82, 2.24) is 10.1 Å². The molecule has 94 valence electrons. The summed E-state index contributed by atoms with van der Waals surface area (Å²) in [5.74, 6) is 6.33. The van der Waals surface area contributed by atoms with Gasteiger partial charge in [0.2, 0.25) is 0 Å². The molecule has 1 aliphatic heterocycles. The van der Waals surface area contributed by atoms with Crippen LogP contribution in [0.5, 0.6) is 0 Å². The molecule has 0 bridgehead atoms. The SMILES string of the molecule is Cc1cc(C)c(S2(Cl)CC=NN(N)N2)c(C)c1. The Balaban J connectivity index is 2.50. The summed E-state index contributed by atoms with van der Waals surface area (Å²) in [4.78, 5) is 4.23. The average Bonchev–Trinajstić information content (AvgIpc) is 2.14. The number of aryl methyl sites for hydroxylation is 3. The molecule has 1 atom stereocenters.